The average molecular weight is 567 g/mol. The van der Waals surface area contributed by atoms with Crippen LogP contribution in [0.25, 0.3) is 0 Å². The van der Waals surface area contributed by atoms with E-state index in [1.807, 2.05) is 12.1 Å². The number of aliphatic hydroxyl groups excluding tert-OH is 3. The van der Waals surface area contributed by atoms with Gasteiger partial charge >= 0.3 is 5.69 Å². The van der Waals surface area contributed by atoms with Crippen LogP contribution in [-0.2, 0) is 11.3 Å². The first kappa shape index (κ1) is 32.9. The lowest BCUT2D eigenvalue weighted by Crippen LogP contribution is -2.43. The van der Waals surface area contributed by atoms with E-state index in [1.54, 1.807) is 6.20 Å². The Balaban J connectivity index is 0.00000101. The highest BCUT2D eigenvalue weighted by molar-refractivity contribution is 7.08. The normalized spacial score (nSPS) is 23.0. The number of pyridine rings is 1. The molecule has 1 aliphatic carbocycles. The zero-order chi connectivity index (χ0) is 27.3. The lowest BCUT2D eigenvalue weighted by Gasteiger charge is -2.19. The quantitative estimate of drug-likeness (QED) is 0.247. The fourth-order valence-corrected chi connectivity index (χ4v) is 4.45. The molecule has 15 heteroatoms. The summed E-state index contributed by atoms with van der Waals surface area (Å²) in [6, 6.07) is 5.15. The highest BCUT2D eigenvalue weighted by atomic mass is 31.0. The molecule has 0 radical (unpaired) electrons. The summed E-state index contributed by atoms with van der Waals surface area (Å²) in [5.74, 6) is 0.489. The third-order valence-electron chi connectivity index (χ3n) is 6.11. The maximum absolute atomic E-state index is 13.0. The molecule has 1 aliphatic heterocycles. The predicted octanol–water partition coefficient (Wildman–Crippen LogP) is -0.581. The first-order valence-electron chi connectivity index (χ1n) is 11.2. The Kier molecular flexibility index (Phi) is 15.9. The van der Waals surface area contributed by atoms with Gasteiger partial charge < -0.3 is 34.7 Å². The van der Waals surface area contributed by atoms with Gasteiger partial charge in [-0.2, -0.15) is 0 Å². The molecule has 0 aromatic carbocycles. The Morgan fingerprint density at radius 1 is 1.00 bits per heavy atom. The number of nitrogens with zero attached hydrogens (tertiary/aromatic N) is 3. The Morgan fingerprint density at radius 3 is 2.25 bits per heavy atom. The standard InChI is InChI=1S/C21H27N3O6.3H3OP/c25-10-7-16-18(27)19(28)20(30-16)23-9-6-17(26)24(21(23)29)12-15-11-14(5-8-22-15)13-3-1-2-4-13;3*1-2/h5-6,8-9,11,13,16,18-20,25,27-28H,1-4,7,10,12H2;3*1H,2H2. The van der Waals surface area contributed by atoms with Crippen LogP contribution in [0.4, 0.5) is 0 Å². The Bertz CT molecular complexity index is 1020. The topological polar surface area (TPSA) is 188 Å². The zero-order valence-electron chi connectivity index (χ0n) is 19.7. The van der Waals surface area contributed by atoms with Gasteiger partial charge in [-0.05, 0) is 71.3 Å². The lowest BCUT2D eigenvalue weighted by molar-refractivity contribution is -0.0458. The van der Waals surface area contributed by atoms with Crippen molar-refractivity contribution in [2.75, 3.05) is 6.61 Å². The van der Waals surface area contributed by atoms with E-state index in [-0.39, 0.29) is 19.6 Å². The Morgan fingerprint density at radius 2 is 1.64 bits per heavy atom. The van der Waals surface area contributed by atoms with Gasteiger partial charge in [0.15, 0.2) is 6.23 Å². The fraction of sp³-hybridized carbons (Fsp3) is 0.571. The number of aromatic nitrogens is 3. The van der Waals surface area contributed by atoms with Crippen molar-refractivity contribution in [1.82, 2.24) is 14.1 Å². The molecular formula is C21H36N3O9P3. The van der Waals surface area contributed by atoms with Crippen LogP contribution in [0.5, 0.6) is 0 Å². The number of hydrogen-bond donors (Lipinski definition) is 6. The second-order valence-corrected chi connectivity index (χ2v) is 8.05. The molecule has 3 heterocycles. The third-order valence-corrected chi connectivity index (χ3v) is 6.11. The highest BCUT2D eigenvalue weighted by Gasteiger charge is 2.43. The Hall–Kier alpha value is -1.16. The van der Waals surface area contributed by atoms with E-state index >= 15 is 0 Å². The van der Waals surface area contributed by atoms with Crippen molar-refractivity contribution >= 4 is 28.4 Å². The number of hydrogen-bond acceptors (Lipinski definition) is 10. The van der Waals surface area contributed by atoms with Crippen LogP contribution >= 0.6 is 28.4 Å². The predicted molar refractivity (Wildman–Crippen MR) is 143 cm³/mol. The van der Waals surface area contributed by atoms with E-state index in [1.165, 1.54) is 59.1 Å². The molecule has 1 saturated carbocycles. The van der Waals surface area contributed by atoms with Crippen LogP contribution in [0.2, 0.25) is 0 Å². The molecule has 2 aromatic heterocycles. The van der Waals surface area contributed by atoms with Gasteiger partial charge in [0.1, 0.15) is 12.2 Å². The maximum atomic E-state index is 13.0. The van der Waals surface area contributed by atoms with Crippen molar-refractivity contribution in [2.24, 2.45) is 0 Å². The molecule has 2 aliphatic rings. The minimum absolute atomic E-state index is 0.00447. The third kappa shape index (κ3) is 8.17. The molecule has 7 unspecified atom stereocenters. The molecule has 0 amide bonds. The van der Waals surface area contributed by atoms with Crippen molar-refractivity contribution in [3.05, 3.63) is 62.7 Å². The van der Waals surface area contributed by atoms with Crippen LogP contribution in [0.1, 0.15) is 55.5 Å². The van der Waals surface area contributed by atoms with Crippen LogP contribution in [0, 0.1) is 0 Å². The van der Waals surface area contributed by atoms with E-state index in [0.29, 0.717) is 11.6 Å². The van der Waals surface area contributed by atoms with Crippen LogP contribution in [0.3, 0.4) is 0 Å². The second kappa shape index (κ2) is 17.4. The van der Waals surface area contributed by atoms with Crippen molar-refractivity contribution in [2.45, 2.75) is 69.1 Å². The van der Waals surface area contributed by atoms with Crippen molar-refractivity contribution in [3.8, 4) is 0 Å². The summed E-state index contributed by atoms with van der Waals surface area (Å²) < 4.78 is 7.75. The van der Waals surface area contributed by atoms with E-state index in [0.717, 1.165) is 22.0 Å². The Labute approximate surface area is 215 Å². The van der Waals surface area contributed by atoms with Crippen molar-refractivity contribution < 1.29 is 34.7 Å². The van der Waals surface area contributed by atoms with Gasteiger partial charge in [-0.25, -0.2) is 4.79 Å². The minimum Gasteiger partial charge on any atom is -0.396 e. The van der Waals surface area contributed by atoms with Gasteiger partial charge in [0.05, 0.1) is 18.3 Å². The number of ether oxygens (including phenoxy) is 1. The molecule has 1 saturated heterocycles. The molecule has 36 heavy (non-hydrogen) atoms. The van der Waals surface area contributed by atoms with Crippen LogP contribution in [0.15, 0.2) is 40.2 Å². The maximum Gasteiger partial charge on any atom is 0.333 e. The summed E-state index contributed by atoms with van der Waals surface area (Å²) in [6.45, 7) is -0.219. The van der Waals surface area contributed by atoms with Gasteiger partial charge in [-0.3, -0.25) is 18.9 Å². The summed E-state index contributed by atoms with van der Waals surface area (Å²) in [5.41, 5.74) is 0.648. The first-order chi connectivity index (χ1) is 17.5. The van der Waals surface area contributed by atoms with E-state index in [2.05, 4.69) is 4.98 Å². The van der Waals surface area contributed by atoms with Crippen molar-refractivity contribution in [3.63, 3.8) is 0 Å². The molecule has 6 N–H and O–H groups in total. The SMILES string of the molecule is O=c1ccn(C2OC(CCO)C(O)C2O)c(=O)n1Cc1cc(C2CCCC2)ccn1.OP.OP.OP. The summed E-state index contributed by atoms with van der Waals surface area (Å²) in [5, 5.41) is 29.5. The molecule has 12 nitrogen and oxygen atoms in total. The molecule has 7 atom stereocenters. The van der Waals surface area contributed by atoms with E-state index in [9.17, 15) is 19.8 Å². The summed E-state index contributed by atoms with van der Waals surface area (Å²) in [7, 11) is 4.25. The van der Waals surface area contributed by atoms with Crippen molar-refractivity contribution in [1.29, 1.82) is 0 Å². The number of rotatable bonds is 6. The average Bonchev–Trinajstić information content (AvgIpc) is 3.56. The largest absolute Gasteiger partial charge is 0.396 e. The summed E-state index contributed by atoms with van der Waals surface area (Å²) in [6.07, 6.45) is 3.23. The minimum atomic E-state index is -1.35. The highest BCUT2D eigenvalue weighted by Crippen LogP contribution is 2.34. The molecule has 204 valence electrons. The van der Waals surface area contributed by atoms with Gasteiger partial charge in [-0.1, -0.05) is 12.8 Å². The van der Waals surface area contributed by atoms with Crippen LogP contribution < -0.4 is 11.2 Å². The smallest absolute Gasteiger partial charge is 0.333 e. The first-order valence-corrected chi connectivity index (χ1v) is 12.7. The zero-order valence-corrected chi connectivity index (χ0v) is 23.2. The van der Waals surface area contributed by atoms with Gasteiger partial charge in [-0.15, -0.1) is 0 Å². The van der Waals surface area contributed by atoms with Gasteiger partial charge in [0.25, 0.3) is 5.56 Å². The molecular weight excluding hydrogens is 531 g/mol. The molecule has 0 bridgehead atoms. The molecule has 2 fully saturated rings. The monoisotopic (exact) mass is 567 g/mol. The van der Waals surface area contributed by atoms with Gasteiger partial charge in [0, 0.05) is 25.1 Å². The summed E-state index contributed by atoms with van der Waals surface area (Å²) in [4.78, 5) is 50.5. The second-order valence-electron chi connectivity index (χ2n) is 8.05. The van der Waals surface area contributed by atoms with E-state index < -0.39 is 35.8 Å². The van der Waals surface area contributed by atoms with Gasteiger partial charge in [0.2, 0.25) is 0 Å². The lowest BCUT2D eigenvalue weighted by atomic mass is 9.98. The molecule has 4 rings (SSSR count). The number of aliphatic hydroxyl groups is 3. The fourth-order valence-electron chi connectivity index (χ4n) is 4.45. The van der Waals surface area contributed by atoms with Crippen LogP contribution in [-0.4, -0.2) is 69.0 Å². The molecule has 2 aromatic rings. The van der Waals surface area contributed by atoms with E-state index in [4.69, 9.17) is 24.5 Å². The summed E-state index contributed by atoms with van der Waals surface area (Å²) >= 11 is 0. The molecule has 0 spiro atoms.